The van der Waals surface area contributed by atoms with Crippen LogP contribution in [0, 0.1) is 3.57 Å². The van der Waals surface area contributed by atoms with Crippen LogP contribution in [-0.4, -0.2) is 10.9 Å². The Morgan fingerprint density at radius 1 is 1.17 bits per heavy atom. The number of rotatable bonds is 6. The van der Waals surface area contributed by atoms with Crippen LogP contribution in [-0.2, 0) is 11.8 Å². The summed E-state index contributed by atoms with van der Waals surface area (Å²) in [6.45, 7) is 8.16. The van der Waals surface area contributed by atoms with Crippen molar-refractivity contribution in [1.82, 2.24) is 0 Å². The van der Waals surface area contributed by atoms with Crippen LogP contribution >= 0.6 is 34.4 Å². The van der Waals surface area contributed by atoms with Gasteiger partial charge in [0.25, 0.3) is 0 Å². The molecule has 0 radical (unpaired) electrons. The summed E-state index contributed by atoms with van der Waals surface area (Å²) in [4.78, 5) is 12.6. The van der Waals surface area contributed by atoms with Gasteiger partial charge in [0, 0.05) is 20.3 Å². The molecule has 0 N–H and O–H groups in total. The molecule has 2 rings (SSSR count). The highest BCUT2D eigenvalue weighted by Crippen LogP contribution is 2.32. The molecule has 0 saturated carbocycles. The van der Waals surface area contributed by atoms with Crippen LogP contribution in [0.15, 0.2) is 61.2 Å². The van der Waals surface area contributed by atoms with E-state index in [4.69, 9.17) is 0 Å². The Balaban J connectivity index is 2.13. The molecule has 0 fully saturated rings. The molecule has 0 spiro atoms. The minimum Gasteiger partial charge on any atom is -0.282 e. The molecule has 0 heterocycles. The lowest BCUT2D eigenvalue weighted by Gasteiger charge is -2.26. The zero-order valence-corrected chi connectivity index (χ0v) is 16.5. The topological polar surface area (TPSA) is 17.1 Å². The fourth-order valence-electron chi connectivity index (χ4n) is 2.46. The van der Waals surface area contributed by atoms with Crippen LogP contribution in [0.2, 0.25) is 0 Å². The summed E-state index contributed by atoms with van der Waals surface area (Å²) in [5.74, 6) is 0.758. The number of carbonyl (C=O) groups is 1. The van der Waals surface area contributed by atoms with Gasteiger partial charge in [-0.3, -0.25) is 4.79 Å². The summed E-state index contributed by atoms with van der Waals surface area (Å²) in [5.41, 5.74) is 3.09. The van der Waals surface area contributed by atoms with Gasteiger partial charge in [-0.15, -0.1) is 6.58 Å². The number of hydrogen-bond acceptors (Lipinski definition) is 2. The molecule has 120 valence electrons. The molecule has 0 aliphatic heterocycles. The van der Waals surface area contributed by atoms with Crippen LogP contribution in [0.3, 0.4) is 0 Å². The van der Waals surface area contributed by atoms with Gasteiger partial charge in [-0.2, -0.15) is 0 Å². The first-order valence-corrected chi connectivity index (χ1v) is 9.63. The third kappa shape index (κ3) is 4.70. The highest BCUT2D eigenvalue weighted by atomic mass is 127. The molecule has 0 aromatic heterocycles. The van der Waals surface area contributed by atoms with Crippen LogP contribution in [0.1, 0.15) is 35.3 Å². The first-order valence-electron chi connectivity index (χ1n) is 7.56. The number of carbonyl (C=O) groups excluding carboxylic acids is 1. The smallest absolute Gasteiger partial charge is 0.219 e. The predicted molar refractivity (Wildman–Crippen MR) is 109 cm³/mol. The van der Waals surface area contributed by atoms with E-state index in [0.29, 0.717) is 0 Å². The van der Waals surface area contributed by atoms with Crippen molar-refractivity contribution >= 4 is 39.5 Å². The van der Waals surface area contributed by atoms with Gasteiger partial charge in [-0.25, -0.2) is 0 Å². The van der Waals surface area contributed by atoms with Gasteiger partial charge in [0.15, 0.2) is 0 Å². The van der Waals surface area contributed by atoms with Crippen molar-refractivity contribution in [2.45, 2.75) is 25.7 Å². The Morgan fingerprint density at radius 3 is 2.52 bits per heavy atom. The average Bonchev–Trinajstić information content (AvgIpc) is 2.54. The minimum atomic E-state index is -0.0501. The van der Waals surface area contributed by atoms with Gasteiger partial charge in [0.1, 0.15) is 0 Å². The molecule has 0 saturated heterocycles. The highest BCUT2D eigenvalue weighted by molar-refractivity contribution is 14.1. The molecule has 2 aromatic carbocycles. The summed E-state index contributed by atoms with van der Waals surface area (Å²) in [6, 6.07) is 16.2. The van der Waals surface area contributed by atoms with Crippen molar-refractivity contribution in [2.75, 3.05) is 5.75 Å². The van der Waals surface area contributed by atoms with E-state index in [2.05, 4.69) is 61.2 Å². The standard InChI is InChI=1S/C20H21IOS/c1-4-9-15-10-5-6-11-16(15)19(22)23-14-20(2,3)17-12-7-8-13-18(17)21/h4-8,10-13H,1,9,14H2,2-3H3. The molecule has 0 aliphatic rings. The number of allylic oxidation sites excluding steroid dienone is 1. The van der Waals surface area contributed by atoms with Gasteiger partial charge in [0.2, 0.25) is 5.12 Å². The Hall–Kier alpha value is -1.07. The fourth-order valence-corrected chi connectivity index (χ4v) is 4.58. The molecule has 0 unspecified atom stereocenters. The van der Waals surface area contributed by atoms with Gasteiger partial charge >= 0.3 is 0 Å². The molecule has 2 aromatic rings. The maximum atomic E-state index is 12.6. The van der Waals surface area contributed by atoms with Crippen molar-refractivity contribution in [3.63, 3.8) is 0 Å². The van der Waals surface area contributed by atoms with Crippen LogP contribution in [0.5, 0.6) is 0 Å². The summed E-state index contributed by atoms with van der Waals surface area (Å²) in [7, 11) is 0. The predicted octanol–water partition coefficient (Wildman–Crippen LogP) is 5.87. The van der Waals surface area contributed by atoms with E-state index in [-0.39, 0.29) is 10.5 Å². The number of benzene rings is 2. The Labute approximate surface area is 156 Å². The maximum absolute atomic E-state index is 12.6. The van der Waals surface area contributed by atoms with E-state index in [1.54, 1.807) is 0 Å². The first kappa shape index (κ1) is 18.3. The second-order valence-electron chi connectivity index (χ2n) is 6.09. The van der Waals surface area contributed by atoms with Crippen LogP contribution < -0.4 is 0 Å². The van der Waals surface area contributed by atoms with Gasteiger partial charge in [-0.05, 0) is 46.2 Å². The summed E-state index contributed by atoms with van der Waals surface area (Å²) < 4.78 is 1.25. The van der Waals surface area contributed by atoms with E-state index < -0.39 is 0 Å². The van der Waals surface area contributed by atoms with Crippen molar-refractivity contribution in [3.05, 3.63) is 81.4 Å². The van der Waals surface area contributed by atoms with E-state index >= 15 is 0 Å². The molecule has 0 bridgehead atoms. The van der Waals surface area contributed by atoms with E-state index in [1.807, 2.05) is 36.4 Å². The Kier molecular flexibility index (Phi) is 6.48. The number of hydrogen-bond donors (Lipinski definition) is 0. The summed E-state index contributed by atoms with van der Waals surface area (Å²) >= 11 is 3.77. The molecule has 3 heteroatoms. The average molecular weight is 436 g/mol. The second-order valence-corrected chi connectivity index (χ2v) is 8.20. The SMILES string of the molecule is C=CCc1ccccc1C(=O)SCC(C)(C)c1ccccc1I. The third-order valence-electron chi connectivity index (χ3n) is 3.77. The molecular formula is C20H21IOS. The second kappa shape index (κ2) is 8.15. The summed E-state index contributed by atoms with van der Waals surface area (Å²) in [6.07, 6.45) is 2.56. The number of thioether (sulfide) groups is 1. The van der Waals surface area contributed by atoms with Crippen molar-refractivity contribution < 1.29 is 4.79 Å². The van der Waals surface area contributed by atoms with Crippen LogP contribution in [0.25, 0.3) is 0 Å². The highest BCUT2D eigenvalue weighted by Gasteiger charge is 2.25. The minimum absolute atomic E-state index is 0.0501. The normalized spacial score (nSPS) is 11.3. The zero-order valence-electron chi connectivity index (χ0n) is 13.5. The Morgan fingerprint density at radius 2 is 1.83 bits per heavy atom. The Bertz CT molecular complexity index is 706. The molecule has 1 nitrogen and oxygen atoms in total. The van der Waals surface area contributed by atoms with E-state index in [9.17, 15) is 4.79 Å². The molecule has 0 amide bonds. The first-order chi connectivity index (χ1) is 11.0. The lowest BCUT2D eigenvalue weighted by Crippen LogP contribution is -2.22. The molecule has 0 atom stereocenters. The van der Waals surface area contributed by atoms with Crippen molar-refractivity contribution in [3.8, 4) is 0 Å². The number of halogens is 1. The van der Waals surface area contributed by atoms with Gasteiger partial charge < -0.3 is 0 Å². The zero-order chi connectivity index (χ0) is 16.9. The van der Waals surface area contributed by atoms with E-state index in [0.717, 1.165) is 23.3 Å². The molecular weight excluding hydrogens is 415 g/mol. The lowest BCUT2D eigenvalue weighted by molar-refractivity contribution is 0.108. The molecule has 23 heavy (non-hydrogen) atoms. The quantitative estimate of drug-likeness (QED) is 0.416. The van der Waals surface area contributed by atoms with Gasteiger partial charge in [-0.1, -0.05) is 74.1 Å². The molecule has 0 aliphatic carbocycles. The maximum Gasteiger partial charge on any atom is 0.219 e. The monoisotopic (exact) mass is 436 g/mol. The lowest BCUT2D eigenvalue weighted by atomic mass is 9.87. The third-order valence-corrected chi connectivity index (χ3v) is 6.06. The van der Waals surface area contributed by atoms with E-state index in [1.165, 1.54) is 20.9 Å². The fraction of sp³-hybridized carbons (Fsp3) is 0.250. The largest absolute Gasteiger partial charge is 0.282 e. The van der Waals surface area contributed by atoms with Gasteiger partial charge in [0.05, 0.1) is 0 Å². The van der Waals surface area contributed by atoms with Crippen molar-refractivity contribution in [2.24, 2.45) is 0 Å². The van der Waals surface area contributed by atoms with Crippen LogP contribution in [0.4, 0.5) is 0 Å². The van der Waals surface area contributed by atoms with Crippen molar-refractivity contribution in [1.29, 1.82) is 0 Å². The summed E-state index contributed by atoms with van der Waals surface area (Å²) in [5, 5.41) is 0.140.